The number of benzene rings is 3. The second-order valence-electron chi connectivity index (χ2n) is 7.48. The van der Waals surface area contributed by atoms with E-state index in [2.05, 4.69) is 29.6 Å². The van der Waals surface area contributed by atoms with E-state index < -0.39 is 6.04 Å². The molecule has 1 atom stereocenters. The lowest BCUT2D eigenvalue weighted by molar-refractivity contribution is -0.133. The minimum Gasteiger partial charge on any atom is -0.344 e. The zero-order valence-corrected chi connectivity index (χ0v) is 16.1. The molecule has 0 radical (unpaired) electrons. The summed E-state index contributed by atoms with van der Waals surface area (Å²) in [5.41, 5.74) is 1.98. The van der Waals surface area contributed by atoms with Gasteiger partial charge in [0.1, 0.15) is 11.9 Å². The van der Waals surface area contributed by atoms with Gasteiger partial charge in [0, 0.05) is 19.5 Å². The fourth-order valence-corrected chi connectivity index (χ4v) is 3.76. The van der Waals surface area contributed by atoms with Crippen LogP contribution in [0.4, 0.5) is 4.39 Å². The van der Waals surface area contributed by atoms with Gasteiger partial charge in [-0.25, -0.2) is 4.39 Å². The number of carbonyl (C=O) groups is 2. The van der Waals surface area contributed by atoms with Crippen molar-refractivity contribution in [2.24, 2.45) is 0 Å². The summed E-state index contributed by atoms with van der Waals surface area (Å²) < 4.78 is 13.0. The van der Waals surface area contributed by atoms with E-state index in [0.717, 1.165) is 16.5 Å². The fourth-order valence-electron chi connectivity index (χ4n) is 3.76. The van der Waals surface area contributed by atoms with Gasteiger partial charge in [0.25, 0.3) is 0 Å². The quantitative estimate of drug-likeness (QED) is 0.695. The van der Waals surface area contributed by atoms with Gasteiger partial charge < -0.3 is 10.2 Å². The highest BCUT2D eigenvalue weighted by Gasteiger charge is 2.32. The number of hydrogen-bond acceptors (Lipinski definition) is 2. The van der Waals surface area contributed by atoms with E-state index in [4.69, 9.17) is 0 Å². The molecule has 0 bridgehead atoms. The highest BCUT2D eigenvalue weighted by atomic mass is 19.1. The second-order valence-corrected chi connectivity index (χ2v) is 7.48. The normalized spacial score (nSPS) is 16.4. The Balaban J connectivity index is 1.29. The molecule has 5 heteroatoms. The van der Waals surface area contributed by atoms with Crippen LogP contribution in [-0.2, 0) is 22.6 Å². The van der Waals surface area contributed by atoms with Crippen LogP contribution in [0.1, 0.15) is 24.0 Å². The first-order valence-electron chi connectivity index (χ1n) is 9.89. The lowest BCUT2D eigenvalue weighted by atomic mass is 10.0. The van der Waals surface area contributed by atoms with Crippen LogP contribution in [0.15, 0.2) is 66.7 Å². The zero-order valence-electron chi connectivity index (χ0n) is 16.1. The highest BCUT2D eigenvalue weighted by molar-refractivity contribution is 5.89. The van der Waals surface area contributed by atoms with Gasteiger partial charge in [-0.15, -0.1) is 0 Å². The molecule has 1 heterocycles. The third-order valence-electron chi connectivity index (χ3n) is 5.37. The van der Waals surface area contributed by atoms with E-state index in [1.54, 1.807) is 17.0 Å². The number of nitrogens with zero attached hydrogens (tertiary/aromatic N) is 1. The molecule has 29 heavy (non-hydrogen) atoms. The fraction of sp³-hybridized carbons (Fsp3) is 0.250. The molecule has 2 amide bonds. The van der Waals surface area contributed by atoms with Gasteiger partial charge in [0.05, 0.1) is 0 Å². The molecule has 3 aromatic carbocycles. The minimum atomic E-state index is -0.473. The van der Waals surface area contributed by atoms with Gasteiger partial charge in [0.2, 0.25) is 11.8 Å². The molecule has 1 fully saturated rings. The van der Waals surface area contributed by atoms with Crippen molar-refractivity contribution < 1.29 is 14.0 Å². The summed E-state index contributed by atoms with van der Waals surface area (Å²) in [7, 11) is 0. The average Bonchev–Trinajstić information content (AvgIpc) is 3.07. The van der Waals surface area contributed by atoms with Crippen molar-refractivity contribution >= 4 is 22.6 Å². The third kappa shape index (κ3) is 4.62. The van der Waals surface area contributed by atoms with Gasteiger partial charge in [-0.2, -0.15) is 0 Å². The van der Waals surface area contributed by atoms with Crippen molar-refractivity contribution in [3.63, 3.8) is 0 Å². The number of fused-ring (bicyclic) bond motifs is 1. The van der Waals surface area contributed by atoms with Crippen molar-refractivity contribution in [2.75, 3.05) is 6.54 Å². The Labute approximate surface area is 169 Å². The summed E-state index contributed by atoms with van der Waals surface area (Å²) in [6.07, 6.45) is 1.58. The van der Waals surface area contributed by atoms with Crippen LogP contribution >= 0.6 is 0 Å². The van der Waals surface area contributed by atoms with Crippen molar-refractivity contribution in [3.8, 4) is 0 Å². The molecule has 4 nitrogen and oxygen atoms in total. The maximum atomic E-state index is 13.0. The van der Waals surface area contributed by atoms with E-state index >= 15 is 0 Å². The first-order chi connectivity index (χ1) is 14.1. The third-order valence-corrected chi connectivity index (χ3v) is 5.37. The monoisotopic (exact) mass is 390 g/mol. The number of hydrogen-bond donors (Lipinski definition) is 1. The summed E-state index contributed by atoms with van der Waals surface area (Å²) in [4.78, 5) is 26.6. The van der Waals surface area contributed by atoms with Crippen LogP contribution in [0.25, 0.3) is 10.8 Å². The molecule has 0 saturated carbocycles. The second kappa shape index (κ2) is 8.43. The summed E-state index contributed by atoms with van der Waals surface area (Å²) >= 11 is 0. The number of halogens is 1. The highest BCUT2D eigenvalue weighted by Crippen LogP contribution is 2.18. The number of rotatable bonds is 6. The molecule has 1 aliphatic rings. The molecule has 0 aliphatic carbocycles. The predicted octanol–water partition coefficient (Wildman–Crippen LogP) is 3.83. The zero-order chi connectivity index (χ0) is 20.2. The number of amides is 2. The number of likely N-dealkylation sites (tertiary alicyclic amines) is 1. The maximum absolute atomic E-state index is 13.0. The van der Waals surface area contributed by atoms with Crippen LogP contribution in [0.2, 0.25) is 0 Å². The molecular weight excluding hydrogens is 367 g/mol. The first kappa shape index (κ1) is 19.1. The SMILES string of the molecule is O=C(CCc1ccc2ccccc2c1)N[C@@H]1CCN(Cc2ccc(F)cc2)C1=O. The summed E-state index contributed by atoms with van der Waals surface area (Å²) in [6.45, 7) is 1.02. The van der Waals surface area contributed by atoms with E-state index in [1.165, 1.54) is 17.5 Å². The minimum absolute atomic E-state index is 0.0756. The van der Waals surface area contributed by atoms with Gasteiger partial charge >= 0.3 is 0 Å². The van der Waals surface area contributed by atoms with E-state index in [1.807, 2.05) is 18.2 Å². The van der Waals surface area contributed by atoms with Gasteiger partial charge in [0.15, 0.2) is 0 Å². The Kier molecular flexibility index (Phi) is 5.56. The molecule has 4 rings (SSSR count). The molecule has 148 valence electrons. The van der Waals surface area contributed by atoms with Crippen LogP contribution in [0.3, 0.4) is 0 Å². The Hall–Kier alpha value is -3.21. The van der Waals surface area contributed by atoms with Gasteiger partial charge in [-0.1, -0.05) is 54.6 Å². The summed E-state index contributed by atoms with van der Waals surface area (Å²) in [5, 5.41) is 5.21. The predicted molar refractivity (Wildman–Crippen MR) is 111 cm³/mol. The van der Waals surface area contributed by atoms with E-state index in [-0.39, 0.29) is 17.6 Å². The van der Waals surface area contributed by atoms with E-state index in [9.17, 15) is 14.0 Å². The van der Waals surface area contributed by atoms with Gasteiger partial charge in [-0.05, 0) is 46.9 Å². The lowest BCUT2D eigenvalue weighted by Gasteiger charge is -2.17. The van der Waals surface area contributed by atoms with Crippen LogP contribution < -0.4 is 5.32 Å². The average molecular weight is 390 g/mol. The Morgan fingerprint density at radius 2 is 1.72 bits per heavy atom. The standard InChI is InChI=1S/C24H23FN2O2/c25-21-10-6-18(7-11-21)16-27-14-13-22(24(27)29)26-23(28)12-8-17-5-9-19-3-1-2-4-20(19)15-17/h1-7,9-11,15,22H,8,12-14,16H2,(H,26,28)/t22-/m1/s1. The molecule has 0 unspecified atom stereocenters. The molecule has 3 aromatic rings. The van der Waals surface area contributed by atoms with Crippen molar-refractivity contribution in [2.45, 2.75) is 31.8 Å². The summed E-state index contributed by atoms with van der Waals surface area (Å²) in [5.74, 6) is -0.480. The summed E-state index contributed by atoms with van der Waals surface area (Å²) in [6, 6.07) is 20.0. The Morgan fingerprint density at radius 3 is 2.52 bits per heavy atom. The number of nitrogens with one attached hydrogen (secondary N) is 1. The van der Waals surface area contributed by atoms with Crippen molar-refractivity contribution in [1.82, 2.24) is 10.2 Å². The molecule has 0 spiro atoms. The van der Waals surface area contributed by atoms with Gasteiger partial charge in [-0.3, -0.25) is 9.59 Å². The van der Waals surface area contributed by atoms with E-state index in [0.29, 0.717) is 32.4 Å². The first-order valence-corrected chi connectivity index (χ1v) is 9.89. The molecule has 1 N–H and O–H groups in total. The number of carbonyl (C=O) groups excluding carboxylic acids is 2. The Bertz CT molecular complexity index is 1030. The van der Waals surface area contributed by atoms with Crippen LogP contribution in [-0.4, -0.2) is 29.3 Å². The maximum Gasteiger partial charge on any atom is 0.245 e. The molecule has 1 saturated heterocycles. The smallest absolute Gasteiger partial charge is 0.245 e. The van der Waals surface area contributed by atoms with Crippen molar-refractivity contribution in [3.05, 3.63) is 83.7 Å². The van der Waals surface area contributed by atoms with Crippen LogP contribution in [0, 0.1) is 5.82 Å². The van der Waals surface area contributed by atoms with Crippen molar-refractivity contribution in [1.29, 1.82) is 0 Å². The Morgan fingerprint density at radius 1 is 1.00 bits per heavy atom. The number of aryl methyl sites for hydroxylation is 1. The molecular formula is C24H23FN2O2. The molecule has 0 aromatic heterocycles. The van der Waals surface area contributed by atoms with Crippen LogP contribution in [0.5, 0.6) is 0 Å². The largest absolute Gasteiger partial charge is 0.344 e. The topological polar surface area (TPSA) is 49.4 Å². The lowest BCUT2D eigenvalue weighted by Crippen LogP contribution is -2.41. The molecule has 1 aliphatic heterocycles.